The third-order valence-electron chi connectivity index (χ3n) is 4.83. The van der Waals surface area contributed by atoms with Crippen molar-refractivity contribution < 1.29 is 28.6 Å². The number of pyridine rings is 1. The number of ether oxygens (including phenoxy) is 2. The second-order valence-electron chi connectivity index (χ2n) is 7.52. The Morgan fingerprint density at radius 2 is 1.91 bits per heavy atom. The number of benzene rings is 2. The molecule has 1 heterocycles. The molecule has 1 aromatic heterocycles. The van der Waals surface area contributed by atoms with Crippen molar-refractivity contribution in [3.8, 4) is 0 Å². The van der Waals surface area contributed by atoms with Gasteiger partial charge in [0.2, 0.25) is 5.91 Å². The quantitative estimate of drug-likeness (QED) is 0.280. The van der Waals surface area contributed by atoms with Gasteiger partial charge in [0.1, 0.15) is 18.2 Å². The summed E-state index contributed by atoms with van der Waals surface area (Å²) in [5.41, 5.74) is 0.518. The van der Waals surface area contributed by atoms with Crippen molar-refractivity contribution in [2.24, 2.45) is 0 Å². The lowest BCUT2D eigenvalue weighted by Gasteiger charge is -2.19. The molecule has 3 rings (SSSR count). The van der Waals surface area contributed by atoms with Gasteiger partial charge in [0.05, 0.1) is 37.4 Å². The van der Waals surface area contributed by atoms with Gasteiger partial charge in [-0.15, -0.1) is 0 Å². The highest BCUT2D eigenvalue weighted by Gasteiger charge is 2.16. The largest absolute Gasteiger partial charge is 0.447 e. The number of fused-ring (bicyclic) bond motifs is 1. The Hall–Kier alpha value is -3.31. The van der Waals surface area contributed by atoms with Gasteiger partial charge >= 0.3 is 6.09 Å². The van der Waals surface area contributed by atoms with Crippen molar-refractivity contribution in [1.29, 1.82) is 0 Å². The number of amides is 2. The summed E-state index contributed by atoms with van der Waals surface area (Å²) in [7, 11) is 0. The fraction of sp³-hybridized carbons (Fsp3) is 0.292. The zero-order valence-electron chi connectivity index (χ0n) is 18.8. The van der Waals surface area contributed by atoms with Crippen LogP contribution < -0.4 is 16.0 Å². The number of hydrogen-bond donors (Lipinski definition) is 4. The molecule has 0 saturated carbocycles. The lowest BCUT2D eigenvalue weighted by atomic mass is 10.2. The molecule has 3 aromatic rings. The molecule has 2 amide bonds. The Morgan fingerprint density at radius 3 is 2.71 bits per heavy atom. The molecule has 0 unspecified atom stereocenters. The minimum Gasteiger partial charge on any atom is -0.447 e. The van der Waals surface area contributed by atoms with Crippen LogP contribution >= 0.6 is 11.6 Å². The molecule has 2 aromatic carbocycles. The number of nitrogens with one attached hydrogen (secondary N) is 3. The van der Waals surface area contributed by atoms with Crippen molar-refractivity contribution >= 4 is 40.2 Å². The van der Waals surface area contributed by atoms with Crippen LogP contribution in [0.3, 0.4) is 0 Å². The molecular weight excluding hydrogens is 479 g/mol. The molecule has 35 heavy (non-hydrogen) atoms. The SMILES string of the molecule is O=C(CNCc1cccc(F)c1Cl)N[C@@H](COCCO)COC(=O)Nc1cc2ccccc2cn1. The molecule has 1 atom stereocenters. The van der Waals surface area contributed by atoms with Gasteiger partial charge in [0.15, 0.2) is 0 Å². The highest BCUT2D eigenvalue weighted by Crippen LogP contribution is 2.19. The van der Waals surface area contributed by atoms with E-state index in [1.54, 1.807) is 18.3 Å². The summed E-state index contributed by atoms with van der Waals surface area (Å²) >= 11 is 5.91. The van der Waals surface area contributed by atoms with Crippen LogP contribution in [0.15, 0.2) is 54.7 Å². The maximum Gasteiger partial charge on any atom is 0.412 e. The molecule has 0 aliphatic rings. The number of aliphatic hydroxyl groups excluding tert-OH is 1. The number of aromatic nitrogens is 1. The summed E-state index contributed by atoms with van der Waals surface area (Å²) in [4.78, 5) is 28.7. The number of rotatable bonds is 12. The number of halogens is 2. The molecule has 11 heteroatoms. The van der Waals surface area contributed by atoms with Crippen molar-refractivity contribution in [2.45, 2.75) is 12.6 Å². The topological polar surface area (TPSA) is 122 Å². The Labute approximate surface area is 206 Å². The Morgan fingerprint density at radius 1 is 1.11 bits per heavy atom. The van der Waals surface area contributed by atoms with Gasteiger partial charge in [-0.25, -0.2) is 14.2 Å². The number of aliphatic hydroxyl groups is 1. The standard InChI is InChI=1S/C24H26ClFN4O5/c25-23-18(6-3-7-20(23)26)11-27-13-22(32)29-19(14-34-9-8-31)15-35-24(33)30-21-10-16-4-1-2-5-17(16)12-28-21/h1-7,10,12,19,27,31H,8-9,11,13-15H2,(H,29,32)(H,28,30,33)/t19-/m0/s1. The molecule has 0 saturated heterocycles. The van der Waals surface area contributed by atoms with Crippen molar-refractivity contribution in [3.63, 3.8) is 0 Å². The van der Waals surface area contributed by atoms with Crippen LogP contribution in [0.4, 0.5) is 15.0 Å². The minimum absolute atomic E-state index is 0.00370. The third kappa shape index (κ3) is 8.45. The summed E-state index contributed by atoms with van der Waals surface area (Å²) in [6.07, 6.45) is 0.897. The molecular formula is C24H26ClFN4O5. The highest BCUT2D eigenvalue weighted by molar-refractivity contribution is 6.31. The van der Waals surface area contributed by atoms with E-state index in [9.17, 15) is 14.0 Å². The van der Waals surface area contributed by atoms with Crippen LogP contribution in [-0.4, -0.2) is 61.1 Å². The zero-order valence-corrected chi connectivity index (χ0v) is 19.6. The smallest absolute Gasteiger partial charge is 0.412 e. The summed E-state index contributed by atoms with van der Waals surface area (Å²) < 4.78 is 24.0. The first-order valence-electron chi connectivity index (χ1n) is 10.9. The maximum absolute atomic E-state index is 13.5. The lowest BCUT2D eigenvalue weighted by molar-refractivity contribution is -0.121. The van der Waals surface area contributed by atoms with Crippen LogP contribution in [0, 0.1) is 5.82 Å². The second kappa shape index (κ2) is 13.5. The van der Waals surface area contributed by atoms with Crippen molar-refractivity contribution in [2.75, 3.05) is 38.3 Å². The Bertz CT molecular complexity index is 1150. The van der Waals surface area contributed by atoms with Crippen LogP contribution in [0.25, 0.3) is 10.8 Å². The zero-order chi connectivity index (χ0) is 25.0. The second-order valence-corrected chi connectivity index (χ2v) is 7.90. The summed E-state index contributed by atoms with van der Waals surface area (Å²) in [6.45, 7) is -0.179. The number of carbonyl (C=O) groups excluding carboxylic acids is 2. The molecule has 9 nitrogen and oxygen atoms in total. The minimum atomic E-state index is -0.743. The lowest BCUT2D eigenvalue weighted by Crippen LogP contribution is -2.45. The highest BCUT2D eigenvalue weighted by atomic mass is 35.5. The monoisotopic (exact) mass is 504 g/mol. The van der Waals surface area contributed by atoms with Crippen LogP contribution in [0.2, 0.25) is 5.02 Å². The van der Waals surface area contributed by atoms with Crippen molar-refractivity contribution in [3.05, 3.63) is 71.1 Å². The predicted octanol–water partition coefficient (Wildman–Crippen LogP) is 2.86. The third-order valence-corrected chi connectivity index (χ3v) is 5.25. The van der Waals surface area contributed by atoms with Crippen LogP contribution in [0.1, 0.15) is 5.56 Å². The molecule has 0 spiro atoms. The number of anilines is 1. The van der Waals surface area contributed by atoms with E-state index in [1.165, 1.54) is 12.1 Å². The van der Waals surface area contributed by atoms with Crippen LogP contribution in [0.5, 0.6) is 0 Å². The van der Waals surface area contributed by atoms with Gasteiger partial charge in [-0.2, -0.15) is 0 Å². The number of nitrogens with zero attached hydrogens (tertiary/aromatic N) is 1. The van der Waals surface area contributed by atoms with E-state index in [0.29, 0.717) is 11.4 Å². The molecule has 4 N–H and O–H groups in total. The maximum atomic E-state index is 13.5. The van der Waals surface area contributed by atoms with E-state index >= 15 is 0 Å². The Kier molecular flexibility index (Phi) is 10.2. The first kappa shape index (κ1) is 26.3. The van der Waals surface area contributed by atoms with E-state index in [0.717, 1.165) is 10.8 Å². The average Bonchev–Trinajstić information content (AvgIpc) is 2.85. The van der Waals surface area contributed by atoms with E-state index in [-0.39, 0.29) is 44.5 Å². The van der Waals surface area contributed by atoms with Gasteiger partial charge in [-0.05, 0) is 23.1 Å². The van der Waals surface area contributed by atoms with Gasteiger partial charge in [0, 0.05) is 18.1 Å². The summed E-state index contributed by atoms with van der Waals surface area (Å²) in [5, 5.41) is 18.9. The van der Waals surface area contributed by atoms with Gasteiger partial charge in [-0.1, -0.05) is 48.0 Å². The first-order valence-corrected chi connectivity index (χ1v) is 11.2. The number of hydrogen-bond acceptors (Lipinski definition) is 7. The Balaban J connectivity index is 1.47. The van der Waals surface area contributed by atoms with Gasteiger partial charge < -0.3 is 25.2 Å². The molecule has 0 bridgehead atoms. The van der Waals surface area contributed by atoms with Crippen LogP contribution in [-0.2, 0) is 20.8 Å². The van der Waals surface area contributed by atoms with Crippen molar-refractivity contribution in [1.82, 2.24) is 15.6 Å². The first-order chi connectivity index (χ1) is 17.0. The van der Waals surface area contributed by atoms with E-state index in [2.05, 4.69) is 20.9 Å². The molecule has 0 aliphatic carbocycles. The van der Waals surface area contributed by atoms with E-state index in [4.69, 9.17) is 26.2 Å². The fourth-order valence-corrected chi connectivity index (χ4v) is 3.36. The van der Waals surface area contributed by atoms with Gasteiger partial charge in [0.25, 0.3) is 0 Å². The average molecular weight is 505 g/mol. The fourth-order valence-electron chi connectivity index (χ4n) is 3.16. The van der Waals surface area contributed by atoms with Gasteiger partial charge in [-0.3, -0.25) is 10.1 Å². The molecule has 0 aliphatic heterocycles. The molecule has 186 valence electrons. The molecule has 0 fully saturated rings. The summed E-state index contributed by atoms with van der Waals surface area (Å²) in [6, 6.07) is 13.1. The summed E-state index contributed by atoms with van der Waals surface area (Å²) in [5.74, 6) is -0.604. The number of carbonyl (C=O) groups is 2. The van der Waals surface area contributed by atoms with E-state index < -0.39 is 23.9 Å². The predicted molar refractivity (Wildman–Crippen MR) is 130 cm³/mol. The normalized spacial score (nSPS) is 11.7. The van der Waals surface area contributed by atoms with E-state index in [1.807, 2.05) is 24.3 Å². The molecule has 0 radical (unpaired) electrons.